The molecule has 0 unspecified atom stereocenters. The Morgan fingerprint density at radius 2 is 2.17 bits per heavy atom. The van der Waals surface area contributed by atoms with E-state index >= 15 is 0 Å². The Morgan fingerprint density at radius 1 is 1.35 bits per heavy atom. The summed E-state index contributed by atoms with van der Waals surface area (Å²) >= 11 is 2.63. The summed E-state index contributed by atoms with van der Waals surface area (Å²) in [5, 5.41) is 3.52. The van der Waals surface area contributed by atoms with Crippen LogP contribution in [0.25, 0.3) is 0 Å². The minimum Gasteiger partial charge on any atom is -0.336 e. The molecule has 1 aliphatic rings. The van der Waals surface area contributed by atoms with E-state index in [-0.39, 0.29) is 28.3 Å². The smallest absolute Gasteiger partial charge is 0.265 e. The molecule has 0 aromatic carbocycles. The molecular weight excluding hydrogens is 354 g/mol. The zero-order valence-corrected chi connectivity index (χ0v) is 14.7. The maximum absolute atomic E-state index is 12.5. The summed E-state index contributed by atoms with van der Waals surface area (Å²) in [5.74, 6) is -0.260. The van der Waals surface area contributed by atoms with E-state index in [1.165, 1.54) is 17.4 Å². The first kappa shape index (κ1) is 16.6. The monoisotopic (exact) mass is 371 g/mol. The maximum Gasteiger partial charge on any atom is 0.265 e. The highest BCUT2D eigenvalue weighted by Gasteiger charge is 2.30. The molecule has 9 heteroatoms. The number of carbonyl (C=O) groups is 1. The van der Waals surface area contributed by atoms with Crippen molar-refractivity contribution in [3.8, 4) is 0 Å². The minimum absolute atomic E-state index is 0.0316. The van der Waals surface area contributed by atoms with Gasteiger partial charge in [0.2, 0.25) is 10.0 Å². The van der Waals surface area contributed by atoms with Gasteiger partial charge >= 0.3 is 0 Å². The van der Waals surface area contributed by atoms with Crippen LogP contribution in [0.1, 0.15) is 21.0 Å². The van der Waals surface area contributed by atoms with Crippen molar-refractivity contribution in [1.29, 1.82) is 0 Å². The highest BCUT2D eigenvalue weighted by Crippen LogP contribution is 2.25. The largest absolute Gasteiger partial charge is 0.336 e. The zero-order chi connectivity index (χ0) is 16.4. The molecule has 1 saturated heterocycles. The molecule has 6 nitrogen and oxygen atoms in total. The van der Waals surface area contributed by atoms with Crippen LogP contribution in [0.2, 0.25) is 0 Å². The Balaban J connectivity index is 1.78. The first-order chi connectivity index (χ1) is 11.0. The lowest BCUT2D eigenvalue weighted by molar-refractivity contribution is 0.0792. The first-order valence-corrected chi connectivity index (χ1v) is 10.4. The average molecular weight is 372 g/mol. The molecule has 3 rings (SSSR count). The van der Waals surface area contributed by atoms with Gasteiger partial charge < -0.3 is 10.6 Å². The number of nitrogens with zero attached hydrogens (tertiary/aromatic N) is 1. The van der Waals surface area contributed by atoms with Gasteiger partial charge in [-0.25, -0.2) is 13.1 Å². The average Bonchev–Trinajstić information content (AvgIpc) is 3.25. The molecule has 0 aliphatic carbocycles. The molecule has 2 aromatic heterocycles. The van der Waals surface area contributed by atoms with Gasteiger partial charge in [0.15, 0.2) is 0 Å². The van der Waals surface area contributed by atoms with Crippen molar-refractivity contribution in [3.63, 3.8) is 0 Å². The van der Waals surface area contributed by atoms with Crippen molar-refractivity contribution < 1.29 is 13.2 Å². The maximum atomic E-state index is 12.5. The summed E-state index contributed by atoms with van der Waals surface area (Å²) < 4.78 is 27.5. The van der Waals surface area contributed by atoms with Crippen molar-refractivity contribution in [2.75, 3.05) is 13.1 Å². The molecule has 0 spiro atoms. The summed E-state index contributed by atoms with van der Waals surface area (Å²) in [6.07, 6.45) is 0.746. The second-order valence-electron chi connectivity index (χ2n) is 5.32. The van der Waals surface area contributed by atoms with E-state index in [4.69, 9.17) is 5.73 Å². The van der Waals surface area contributed by atoms with E-state index < -0.39 is 10.0 Å². The normalized spacial score (nSPS) is 18.5. The van der Waals surface area contributed by atoms with Gasteiger partial charge in [-0.05, 0) is 29.3 Å². The number of nitrogens with one attached hydrogen (secondary N) is 1. The van der Waals surface area contributed by atoms with E-state index in [9.17, 15) is 13.2 Å². The van der Waals surface area contributed by atoms with Gasteiger partial charge in [-0.1, -0.05) is 6.07 Å². The van der Waals surface area contributed by atoms with Crippen LogP contribution >= 0.6 is 22.7 Å². The third-order valence-corrected chi connectivity index (χ3v) is 6.99. The van der Waals surface area contributed by atoms with Gasteiger partial charge in [0.05, 0.1) is 0 Å². The van der Waals surface area contributed by atoms with Crippen LogP contribution in [-0.4, -0.2) is 38.4 Å². The van der Waals surface area contributed by atoms with Gasteiger partial charge in [0.25, 0.3) is 5.91 Å². The van der Waals surface area contributed by atoms with Gasteiger partial charge in [-0.15, -0.1) is 22.7 Å². The van der Waals surface area contributed by atoms with Crippen molar-refractivity contribution >= 4 is 38.6 Å². The second kappa shape index (κ2) is 6.70. The molecule has 1 fully saturated rings. The van der Waals surface area contributed by atoms with Gasteiger partial charge in [0.1, 0.15) is 9.77 Å². The molecule has 0 bridgehead atoms. The van der Waals surface area contributed by atoms with E-state index in [2.05, 4.69) is 4.72 Å². The number of nitrogens with two attached hydrogens (primary N) is 1. The lowest BCUT2D eigenvalue weighted by Gasteiger charge is -2.16. The molecule has 0 saturated carbocycles. The van der Waals surface area contributed by atoms with E-state index in [0.717, 1.165) is 22.6 Å². The SMILES string of the molecule is N[C@@H]1CCN(C(=O)c2sccc2S(=O)(=O)NCc2cccs2)C1. The fraction of sp³-hybridized carbons (Fsp3) is 0.357. The van der Waals surface area contributed by atoms with Crippen LogP contribution in [0.4, 0.5) is 0 Å². The first-order valence-electron chi connectivity index (χ1n) is 7.12. The van der Waals surface area contributed by atoms with Gasteiger partial charge in [-0.3, -0.25) is 4.79 Å². The van der Waals surface area contributed by atoms with E-state index in [0.29, 0.717) is 13.1 Å². The van der Waals surface area contributed by atoms with Crippen LogP contribution in [0.15, 0.2) is 33.9 Å². The fourth-order valence-electron chi connectivity index (χ4n) is 2.44. The fourth-order valence-corrected chi connectivity index (χ4v) is 5.57. The van der Waals surface area contributed by atoms with Crippen LogP contribution in [0.3, 0.4) is 0 Å². The summed E-state index contributed by atoms with van der Waals surface area (Å²) in [4.78, 5) is 15.4. The molecule has 23 heavy (non-hydrogen) atoms. The molecule has 124 valence electrons. The standard InChI is InChI=1S/C14H17N3O3S3/c15-10-3-5-17(9-10)14(18)13-12(4-7-22-13)23(19,20)16-8-11-2-1-6-21-11/h1-2,4,6-7,10,16H,3,5,8-9,15H2/t10-/m1/s1. The summed E-state index contributed by atoms with van der Waals surface area (Å²) in [5.41, 5.74) is 5.82. The van der Waals surface area contributed by atoms with Crippen LogP contribution in [0.5, 0.6) is 0 Å². The Bertz CT molecular complexity index is 783. The van der Waals surface area contributed by atoms with Gasteiger partial charge in [-0.2, -0.15) is 0 Å². The number of hydrogen-bond donors (Lipinski definition) is 2. The highest BCUT2D eigenvalue weighted by atomic mass is 32.2. The Labute approximate surface area is 143 Å². The highest BCUT2D eigenvalue weighted by molar-refractivity contribution is 7.89. The number of carbonyl (C=O) groups excluding carboxylic acids is 1. The molecular formula is C14H17N3O3S3. The topological polar surface area (TPSA) is 92.5 Å². The predicted molar refractivity (Wildman–Crippen MR) is 91.2 cm³/mol. The Hall–Kier alpha value is -1.26. The molecule has 2 aromatic rings. The van der Waals surface area contributed by atoms with E-state index in [1.807, 2.05) is 17.5 Å². The van der Waals surface area contributed by atoms with Crippen molar-refractivity contribution in [1.82, 2.24) is 9.62 Å². The van der Waals surface area contributed by atoms with Crippen molar-refractivity contribution in [3.05, 3.63) is 38.7 Å². The van der Waals surface area contributed by atoms with Gasteiger partial charge in [0, 0.05) is 30.6 Å². The summed E-state index contributed by atoms with van der Waals surface area (Å²) in [6, 6.07) is 5.17. The number of hydrogen-bond acceptors (Lipinski definition) is 6. The lowest BCUT2D eigenvalue weighted by Crippen LogP contribution is -2.33. The number of rotatable bonds is 5. The van der Waals surface area contributed by atoms with Crippen molar-refractivity contribution in [2.45, 2.75) is 23.9 Å². The molecule has 1 amide bonds. The quantitative estimate of drug-likeness (QED) is 0.832. The number of likely N-dealkylation sites (tertiary alicyclic amines) is 1. The van der Waals surface area contributed by atoms with Crippen LogP contribution in [-0.2, 0) is 16.6 Å². The van der Waals surface area contributed by atoms with Crippen LogP contribution < -0.4 is 10.5 Å². The molecule has 0 radical (unpaired) electrons. The van der Waals surface area contributed by atoms with Crippen molar-refractivity contribution in [2.24, 2.45) is 5.73 Å². The second-order valence-corrected chi connectivity index (χ2v) is 9.00. The predicted octanol–water partition coefficient (Wildman–Crippen LogP) is 1.46. The third kappa shape index (κ3) is 3.64. The molecule has 3 heterocycles. The Kier molecular flexibility index (Phi) is 4.83. The summed E-state index contributed by atoms with van der Waals surface area (Å²) in [6.45, 7) is 1.26. The number of sulfonamides is 1. The Morgan fingerprint density at radius 3 is 2.83 bits per heavy atom. The summed E-state index contributed by atoms with van der Waals surface area (Å²) in [7, 11) is -3.72. The third-order valence-electron chi connectivity index (χ3n) is 3.64. The molecule has 1 aliphatic heterocycles. The molecule has 3 N–H and O–H groups in total. The van der Waals surface area contributed by atoms with Crippen LogP contribution in [0, 0.1) is 0 Å². The number of thiophene rings is 2. The molecule has 1 atom stereocenters. The van der Waals surface area contributed by atoms with E-state index in [1.54, 1.807) is 10.3 Å². The zero-order valence-electron chi connectivity index (χ0n) is 12.3. The minimum atomic E-state index is -3.72. The lowest BCUT2D eigenvalue weighted by atomic mass is 10.3. The number of amides is 1.